The minimum absolute atomic E-state index is 0.00518. The monoisotopic (exact) mass is 480 g/mol. The first-order valence-electron chi connectivity index (χ1n) is 10.8. The van der Waals surface area contributed by atoms with Crippen LogP contribution in [0.4, 0.5) is 0 Å². The molecule has 34 heavy (non-hydrogen) atoms. The Morgan fingerprint density at radius 3 is 2.56 bits per heavy atom. The Kier molecular flexibility index (Phi) is 6.79. The number of aromatic nitrogens is 3. The molecule has 0 radical (unpaired) electrons. The second kappa shape index (κ2) is 9.93. The van der Waals surface area contributed by atoms with Gasteiger partial charge in [-0.1, -0.05) is 11.3 Å². The van der Waals surface area contributed by atoms with Crippen LogP contribution in [0.1, 0.15) is 57.0 Å². The summed E-state index contributed by atoms with van der Waals surface area (Å²) in [6, 6.07) is 9.11. The number of hydrogen-bond acceptors (Lipinski definition) is 8. The maximum atomic E-state index is 12.9. The molecular formula is C23H24N6O4S. The zero-order chi connectivity index (χ0) is 24.2. The van der Waals surface area contributed by atoms with Crippen molar-refractivity contribution in [3.63, 3.8) is 0 Å². The van der Waals surface area contributed by atoms with E-state index in [4.69, 9.17) is 20.5 Å². The molecule has 2 amide bonds. The normalized spacial score (nSPS) is 17.6. The number of methoxy groups -OCH3 is 1. The summed E-state index contributed by atoms with van der Waals surface area (Å²) < 4.78 is 12.7. The first-order valence-corrected chi connectivity index (χ1v) is 11.6. The van der Waals surface area contributed by atoms with E-state index in [-0.39, 0.29) is 28.8 Å². The molecule has 1 fully saturated rings. The number of primary amides is 1. The molecule has 11 heteroatoms. The number of nitrogens with two attached hydrogens (primary N) is 1. The number of amides is 2. The third-order valence-electron chi connectivity index (χ3n) is 5.76. The first-order chi connectivity index (χ1) is 16.4. The second-order valence-electron chi connectivity index (χ2n) is 7.96. The third-order valence-corrected chi connectivity index (χ3v) is 6.77. The van der Waals surface area contributed by atoms with Crippen LogP contribution in [0.5, 0.6) is 11.1 Å². The van der Waals surface area contributed by atoms with E-state index in [1.54, 1.807) is 35.1 Å². The van der Waals surface area contributed by atoms with Gasteiger partial charge in [0.1, 0.15) is 6.10 Å². The van der Waals surface area contributed by atoms with Crippen molar-refractivity contribution in [3.05, 3.63) is 52.2 Å². The smallest absolute Gasteiger partial charge is 0.277 e. The maximum Gasteiger partial charge on any atom is 0.277 e. The van der Waals surface area contributed by atoms with E-state index >= 15 is 0 Å². The summed E-state index contributed by atoms with van der Waals surface area (Å²) in [5.41, 5.74) is 7.97. The minimum atomic E-state index is -0.603. The lowest BCUT2D eigenvalue weighted by atomic mass is 9.92. The van der Waals surface area contributed by atoms with Crippen molar-refractivity contribution >= 4 is 23.2 Å². The van der Waals surface area contributed by atoms with Gasteiger partial charge in [-0.15, -0.1) is 0 Å². The molecule has 0 atom stereocenters. The van der Waals surface area contributed by atoms with Crippen LogP contribution in [0, 0.1) is 18.3 Å². The molecule has 2 heterocycles. The summed E-state index contributed by atoms with van der Waals surface area (Å²) in [5, 5.41) is 16.7. The molecule has 1 saturated carbocycles. The molecule has 0 saturated heterocycles. The predicted molar refractivity (Wildman–Crippen MR) is 124 cm³/mol. The SMILES string of the molecule is COc1nc(O[C@H]2CC[C@H](NC(=O)c3cnn(-c4ccc(C#N)cc4)c3C)CC2)c(C(N)=O)s1. The summed E-state index contributed by atoms with van der Waals surface area (Å²) in [4.78, 5) is 28.9. The lowest BCUT2D eigenvalue weighted by molar-refractivity contribution is 0.0881. The van der Waals surface area contributed by atoms with E-state index in [0.29, 0.717) is 29.2 Å². The highest BCUT2D eigenvalue weighted by Crippen LogP contribution is 2.33. The van der Waals surface area contributed by atoms with E-state index < -0.39 is 5.91 Å². The molecule has 3 aromatic rings. The topological polar surface area (TPSA) is 145 Å². The number of nitrogens with zero attached hydrogens (tertiary/aromatic N) is 4. The summed E-state index contributed by atoms with van der Waals surface area (Å²) in [6.45, 7) is 1.84. The Morgan fingerprint density at radius 2 is 1.94 bits per heavy atom. The summed E-state index contributed by atoms with van der Waals surface area (Å²) in [5.74, 6) is -0.580. The number of hydrogen-bond donors (Lipinski definition) is 2. The largest absolute Gasteiger partial charge is 0.473 e. The molecule has 4 rings (SSSR count). The minimum Gasteiger partial charge on any atom is -0.473 e. The predicted octanol–water partition coefficient (Wildman–Crippen LogP) is 2.74. The molecule has 0 spiro atoms. The molecule has 0 aliphatic heterocycles. The molecule has 1 aliphatic carbocycles. The van der Waals surface area contributed by atoms with Gasteiger partial charge in [-0.3, -0.25) is 9.59 Å². The second-order valence-corrected chi connectivity index (χ2v) is 8.92. The van der Waals surface area contributed by atoms with Crippen molar-refractivity contribution in [2.45, 2.75) is 44.8 Å². The highest BCUT2D eigenvalue weighted by Gasteiger charge is 2.28. The van der Waals surface area contributed by atoms with E-state index in [9.17, 15) is 9.59 Å². The van der Waals surface area contributed by atoms with Gasteiger partial charge in [0.25, 0.3) is 17.0 Å². The Bertz CT molecular complexity index is 1240. The number of nitrogens with one attached hydrogen (secondary N) is 1. The Morgan fingerprint density at radius 1 is 1.24 bits per heavy atom. The molecular weight excluding hydrogens is 456 g/mol. The Balaban J connectivity index is 1.34. The van der Waals surface area contributed by atoms with E-state index in [1.165, 1.54) is 7.11 Å². The molecule has 0 unspecified atom stereocenters. The Labute approximate surface area is 200 Å². The van der Waals surface area contributed by atoms with Gasteiger partial charge in [0, 0.05) is 6.04 Å². The van der Waals surface area contributed by atoms with Crippen LogP contribution in [0.25, 0.3) is 5.69 Å². The fourth-order valence-electron chi connectivity index (χ4n) is 3.93. The molecule has 3 N–H and O–H groups in total. The number of benzene rings is 1. The molecule has 176 valence electrons. The van der Waals surface area contributed by atoms with Gasteiger partial charge < -0.3 is 20.5 Å². The van der Waals surface area contributed by atoms with Crippen LogP contribution in [0.3, 0.4) is 0 Å². The zero-order valence-electron chi connectivity index (χ0n) is 18.8. The van der Waals surface area contributed by atoms with Crippen LogP contribution in [-0.4, -0.2) is 45.8 Å². The van der Waals surface area contributed by atoms with Gasteiger partial charge in [-0.2, -0.15) is 15.3 Å². The number of nitriles is 1. The average Bonchev–Trinajstić information content (AvgIpc) is 3.44. The van der Waals surface area contributed by atoms with E-state index in [2.05, 4.69) is 21.5 Å². The molecule has 1 aromatic carbocycles. The van der Waals surface area contributed by atoms with E-state index in [0.717, 1.165) is 35.6 Å². The molecule has 2 aromatic heterocycles. The number of carbonyl (C=O) groups is 2. The summed E-state index contributed by atoms with van der Waals surface area (Å²) in [6.07, 6.45) is 4.29. The highest BCUT2D eigenvalue weighted by molar-refractivity contribution is 7.15. The van der Waals surface area contributed by atoms with Crippen LogP contribution in [-0.2, 0) is 0 Å². The van der Waals surface area contributed by atoms with Crippen molar-refractivity contribution in [1.29, 1.82) is 5.26 Å². The number of carbonyl (C=O) groups excluding carboxylic acids is 2. The molecule has 10 nitrogen and oxygen atoms in total. The standard InChI is InChI=1S/C23H24N6O4S/c1-13-18(12-26-29(13)16-7-3-14(11-24)4-8-16)21(31)27-15-5-9-17(10-6-15)33-22-19(20(25)30)34-23(28-22)32-2/h3-4,7-8,12,15,17H,5-6,9-10H2,1-2H3,(H2,25,30)(H,27,31)/t15-,17-. The summed E-state index contributed by atoms with van der Waals surface area (Å²) >= 11 is 1.05. The van der Waals surface area contributed by atoms with Crippen LogP contribution in [0.15, 0.2) is 30.5 Å². The summed E-state index contributed by atoms with van der Waals surface area (Å²) in [7, 11) is 1.47. The quantitative estimate of drug-likeness (QED) is 0.529. The van der Waals surface area contributed by atoms with Crippen molar-refractivity contribution < 1.29 is 19.1 Å². The van der Waals surface area contributed by atoms with Gasteiger partial charge in [0.15, 0.2) is 4.88 Å². The fourth-order valence-corrected chi connectivity index (χ4v) is 4.59. The lowest BCUT2D eigenvalue weighted by Gasteiger charge is -2.29. The van der Waals surface area contributed by atoms with Gasteiger partial charge in [-0.25, -0.2) is 4.68 Å². The van der Waals surface area contributed by atoms with Gasteiger partial charge in [0.05, 0.1) is 41.9 Å². The molecule has 1 aliphatic rings. The lowest BCUT2D eigenvalue weighted by Crippen LogP contribution is -2.40. The van der Waals surface area contributed by atoms with Crippen LogP contribution in [0.2, 0.25) is 0 Å². The fraction of sp³-hybridized carbons (Fsp3) is 0.348. The van der Waals surface area contributed by atoms with Crippen LogP contribution < -0.4 is 20.5 Å². The van der Waals surface area contributed by atoms with E-state index in [1.807, 2.05) is 6.92 Å². The number of thiazole rings is 1. The van der Waals surface area contributed by atoms with Crippen LogP contribution >= 0.6 is 11.3 Å². The van der Waals surface area contributed by atoms with Gasteiger partial charge in [0.2, 0.25) is 5.88 Å². The maximum absolute atomic E-state index is 12.9. The van der Waals surface area contributed by atoms with Crippen molar-refractivity contribution in [3.8, 4) is 22.8 Å². The van der Waals surface area contributed by atoms with Crippen molar-refractivity contribution in [1.82, 2.24) is 20.1 Å². The average molecular weight is 481 g/mol. The molecule has 0 bridgehead atoms. The first kappa shape index (κ1) is 23.3. The van der Waals surface area contributed by atoms with Gasteiger partial charge in [-0.05, 0) is 56.9 Å². The van der Waals surface area contributed by atoms with Crippen molar-refractivity contribution in [2.24, 2.45) is 5.73 Å². The highest BCUT2D eigenvalue weighted by atomic mass is 32.1. The van der Waals surface area contributed by atoms with Gasteiger partial charge >= 0.3 is 0 Å². The zero-order valence-corrected chi connectivity index (χ0v) is 19.6. The third kappa shape index (κ3) is 4.87. The Hall–Kier alpha value is -3.91. The number of ether oxygens (including phenoxy) is 2. The number of rotatable bonds is 7. The van der Waals surface area contributed by atoms with Crippen molar-refractivity contribution in [2.75, 3.05) is 7.11 Å².